The number of carbonyl (C=O) groups is 2. The van der Waals surface area contributed by atoms with E-state index in [0.29, 0.717) is 17.3 Å². The predicted octanol–water partition coefficient (Wildman–Crippen LogP) is 2.54. The molecule has 31 heavy (non-hydrogen) atoms. The van der Waals surface area contributed by atoms with Crippen molar-refractivity contribution in [1.29, 1.82) is 0 Å². The number of hydrogen-bond acceptors (Lipinski definition) is 8. The number of hydrogen-bond donors (Lipinski definition) is 2. The number of ether oxygens (including phenoxy) is 1. The van der Waals surface area contributed by atoms with Gasteiger partial charge in [0.2, 0.25) is 5.88 Å². The summed E-state index contributed by atoms with van der Waals surface area (Å²) in [6.45, 7) is 0. The molecule has 1 aliphatic rings. The van der Waals surface area contributed by atoms with Gasteiger partial charge in [0.25, 0.3) is 5.91 Å². The zero-order chi connectivity index (χ0) is 22.0. The number of nitrogens with zero attached hydrogens (tertiary/aromatic N) is 6. The van der Waals surface area contributed by atoms with E-state index in [1.165, 1.54) is 22.1 Å². The van der Waals surface area contributed by atoms with Gasteiger partial charge in [0, 0.05) is 39.0 Å². The Labute approximate surface area is 178 Å². The fourth-order valence-corrected chi connectivity index (χ4v) is 2.93. The molecular weight excluding hydrogens is 400 g/mol. The molecule has 1 fully saturated rings. The van der Waals surface area contributed by atoms with E-state index < -0.39 is 6.09 Å². The van der Waals surface area contributed by atoms with E-state index in [0.717, 1.165) is 18.5 Å². The highest BCUT2D eigenvalue weighted by molar-refractivity contribution is 6.01. The summed E-state index contributed by atoms with van der Waals surface area (Å²) in [5.41, 5.74) is 2.34. The first-order valence-corrected chi connectivity index (χ1v) is 9.68. The molecule has 11 nitrogen and oxygen atoms in total. The van der Waals surface area contributed by atoms with Gasteiger partial charge in [-0.05, 0) is 25.0 Å². The van der Waals surface area contributed by atoms with Crippen molar-refractivity contribution in [2.24, 2.45) is 7.05 Å². The molecule has 0 spiro atoms. The van der Waals surface area contributed by atoms with Gasteiger partial charge < -0.3 is 15.0 Å². The lowest BCUT2D eigenvalue weighted by atomic mass is 10.2. The molecule has 3 heterocycles. The second kappa shape index (κ2) is 8.38. The fourth-order valence-electron chi connectivity index (χ4n) is 2.93. The van der Waals surface area contributed by atoms with Crippen LogP contribution in [0.1, 0.15) is 34.9 Å². The van der Waals surface area contributed by atoms with Crippen molar-refractivity contribution in [2.75, 3.05) is 24.7 Å². The van der Waals surface area contributed by atoms with Crippen molar-refractivity contribution in [1.82, 2.24) is 29.6 Å². The van der Waals surface area contributed by atoms with Crippen LogP contribution < -0.4 is 15.4 Å². The molecule has 4 rings (SSSR count). The highest BCUT2D eigenvalue weighted by Crippen LogP contribution is 2.41. The summed E-state index contributed by atoms with van der Waals surface area (Å²) in [5.74, 6) is 0.161. The van der Waals surface area contributed by atoms with E-state index in [9.17, 15) is 9.59 Å². The Hall–Kier alpha value is -4.02. The molecule has 0 unspecified atom stereocenters. The molecule has 11 heteroatoms. The molecule has 1 saturated carbocycles. The number of nitrogens with one attached hydrogen (secondary N) is 2. The van der Waals surface area contributed by atoms with Crippen LogP contribution in [0.25, 0.3) is 0 Å². The van der Waals surface area contributed by atoms with Gasteiger partial charge >= 0.3 is 6.09 Å². The second-order valence-electron chi connectivity index (χ2n) is 7.39. The Kier molecular flexibility index (Phi) is 5.48. The predicted molar refractivity (Wildman–Crippen MR) is 112 cm³/mol. The summed E-state index contributed by atoms with van der Waals surface area (Å²) < 4.78 is 6.96. The second-order valence-corrected chi connectivity index (χ2v) is 7.39. The van der Waals surface area contributed by atoms with Crippen LogP contribution in [0, 0.1) is 0 Å². The minimum absolute atomic E-state index is 0.115. The van der Waals surface area contributed by atoms with E-state index in [1.54, 1.807) is 39.6 Å². The van der Waals surface area contributed by atoms with Crippen LogP contribution in [0.4, 0.5) is 21.9 Å². The average Bonchev–Trinajstić information content (AvgIpc) is 3.52. The molecular formula is C20H22N8O3. The smallest absolute Gasteiger partial charge is 0.389 e. The van der Waals surface area contributed by atoms with Crippen LogP contribution in [0.3, 0.4) is 0 Å². The van der Waals surface area contributed by atoms with E-state index in [1.807, 2.05) is 6.07 Å². The van der Waals surface area contributed by atoms with Gasteiger partial charge in [-0.3, -0.25) is 14.8 Å². The van der Waals surface area contributed by atoms with Crippen molar-refractivity contribution >= 4 is 29.1 Å². The van der Waals surface area contributed by atoms with Crippen molar-refractivity contribution < 1.29 is 14.3 Å². The van der Waals surface area contributed by atoms with E-state index in [2.05, 4.69) is 30.7 Å². The van der Waals surface area contributed by atoms with Gasteiger partial charge in [-0.1, -0.05) is 0 Å². The standard InChI is InChI=1S/C20H22N8O3/c1-27(2)19(29)17-16(10-28(3)26-17)25-20(30)31-18-15(23-13-8-21-11-22-9-13)7-6-14(24-18)12-4-5-12/h6-12,23H,4-5H2,1-3H3,(H,25,30). The lowest BCUT2D eigenvalue weighted by molar-refractivity contribution is 0.0822. The average molecular weight is 422 g/mol. The lowest BCUT2D eigenvalue weighted by Crippen LogP contribution is -2.25. The first-order chi connectivity index (χ1) is 14.9. The number of pyridine rings is 1. The zero-order valence-corrected chi connectivity index (χ0v) is 17.4. The van der Waals surface area contributed by atoms with Gasteiger partial charge in [-0.25, -0.2) is 19.7 Å². The quantitative estimate of drug-likeness (QED) is 0.620. The third-order valence-electron chi connectivity index (χ3n) is 4.58. The summed E-state index contributed by atoms with van der Waals surface area (Å²) >= 11 is 0. The number of anilines is 3. The zero-order valence-electron chi connectivity index (χ0n) is 17.4. The van der Waals surface area contributed by atoms with Gasteiger partial charge in [0.15, 0.2) is 5.69 Å². The van der Waals surface area contributed by atoms with E-state index in [-0.39, 0.29) is 23.2 Å². The Balaban J connectivity index is 1.56. The van der Waals surface area contributed by atoms with Gasteiger partial charge in [0.1, 0.15) is 12.0 Å². The molecule has 0 aliphatic heterocycles. The number of aryl methyl sites for hydroxylation is 1. The molecule has 0 radical (unpaired) electrons. The SMILES string of the molecule is CN(C)C(=O)c1nn(C)cc1NC(=O)Oc1nc(C2CC2)ccc1Nc1cncnc1. The van der Waals surface area contributed by atoms with E-state index in [4.69, 9.17) is 4.74 Å². The minimum atomic E-state index is -0.784. The van der Waals surface area contributed by atoms with Crippen molar-refractivity contribution in [2.45, 2.75) is 18.8 Å². The summed E-state index contributed by atoms with van der Waals surface area (Å²) in [6, 6.07) is 3.71. The Morgan fingerprint density at radius 3 is 2.58 bits per heavy atom. The Bertz CT molecular complexity index is 1110. The van der Waals surface area contributed by atoms with Crippen LogP contribution in [0.5, 0.6) is 5.88 Å². The van der Waals surface area contributed by atoms with Crippen LogP contribution in [-0.4, -0.2) is 55.7 Å². The van der Waals surface area contributed by atoms with Gasteiger partial charge in [0.05, 0.1) is 23.8 Å². The van der Waals surface area contributed by atoms with Crippen LogP contribution >= 0.6 is 0 Å². The maximum Gasteiger partial charge on any atom is 0.418 e. The number of amides is 2. The molecule has 1 aliphatic carbocycles. The number of rotatable bonds is 6. The first-order valence-electron chi connectivity index (χ1n) is 9.68. The first kappa shape index (κ1) is 20.3. The number of aromatic nitrogens is 5. The van der Waals surface area contributed by atoms with Crippen molar-refractivity contribution in [3.05, 3.63) is 48.4 Å². The van der Waals surface area contributed by atoms with Crippen LogP contribution in [0.15, 0.2) is 37.1 Å². The molecule has 2 amide bonds. The topological polar surface area (TPSA) is 127 Å². The van der Waals surface area contributed by atoms with Crippen molar-refractivity contribution in [3.8, 4) is 5.88 Å². The van der Waals surface area contributed by atoms with Gasteiger partial charge in [-0.2, -0.15) is 5.10 Å². The largest absolute Gasteiger partial charge is 0.418 e. The highest BCUT2D eigenvalue weighted by Gasteiger charge is 2.27. The summed E-state index contributed by atoms with van der Waals surface area (Å²) in [7, 11) is 4.88. The molecule has 0 aromatic carbocycles. The highest BCUT2D eigenvalue weighted by atomic mass is 16.6. The monoisotopic (exact) mass is 422 g/mol. The lowest BCUT2D eigenvalue weighted by Gasteiger charge is -2.13. The summed E-state index contributed by atoms with van der Waals surface area (Å²) in [5, 5.41) is 9.82. The molecule has 0 bridgehead atoms. The molecule has 0 saturated heterocycles. The maximum atomic E-state index is 12.6. The summed E-state index contributed by atoms with van der Waals surface area (Å²) in [6.07, 6.45) is 7.49. The number of carbonyl (C=O) groups excluding carboxylic acids is 2. The Morgan fingerprint density at radius 2 is 1.90 bits per heavy atom. The molecule has 160 valence electrons. The van der Waals surface area contributed by atoms with Gasteiger partial charge in [-0.15, -0.1) is 0 Å². The van der Waals surface area contributed by atoms with Crippen LogP contribution in [0.2, 0.25) is 0 Å². The Morgan fingerprint density at radius 1 is 1.16 bits per heavy atom. The van der Waals surface area contributed by atoms with Crippen molar-refractivity contribution in [3.63, 3.8) is 0 Å². The van der Waals surface area contributed by atoms with E-state index >= 15 is 0 Å². The van der Waals surface area contributed by atoms with Crippen LogP contribution in [-0.2, 0) is 7.05 Å². The maximum absolute atomic E-state index is 12.6. The fraction of sp³-hybridized carbons (Fsp3) is 0.300. The third kappa shape index (κ3) is 4.77. The third-order valence-corrected chi connectivity index (χ3v) is 4.58. The molecule has 2 N–H and O–H groups in total. The minimum Gasteiger partial charge on any atom is -0.389 e. The summed E-state index contributed by atoms with van der Waals surface area (Å²) in [4.78, 5) is 38.8. The normalized spacial score (nSPS) is 12.9. The molecule has 0 atom stereocenters. The molecule has 3 aromatic rings. The molecule has 3 aromatic heterocycles.